The average molecular weight is 356 g/mol. The number of carbonyl (C=O) groups excluding carboxylic acids is 2. The molecular formula is C22H16N2O3. The molecule has 0 aliphatic rings. The molecule has 132 valence electrons. The first-order valence-corrected chi connectivity index (χ1v) is 8.44. The number of para-hydroxylation sites is 1. The van der Waals surface area contributed by atoms with Crippen molar-refractivity contribution in [2.45, 2.75) is 0 Å². The third-order valence-electron chi connectivity index (χ3n) is 4.45. The van der Waals surface area contributed by atoms with Crippen molar-refractivity contribution in [1.82, 2.24) is 10.2 Å². The van der Waals surface area contributed by atoms with Crippen LogP contribution in [0.3, 0.4) is 0 Å². The van der Waals surface area contributed by atoms with Crippen molar-refractivity contribution in [3.8, 4) is 5.75 Å². The number of ether oxygens (including phenoxy) is 1. The second-order valence-electron chi connectivity index (χ2n) is 6.05. The molecule has 0 unspecified atom stereocenters. The quantitative estimate of drug-likeness (QED) is 0.548. The van der Waals surface area contributed by atoms with Gasteiger partial charge in [-0.25, -0.2) is 0 Å². The van der Waals surface area contributed by atoms with E-state index in [1.54, 1.807) is 55.6 Å². The summed E-state index contributed by atoms with van der Waals surface area (Å²) in [5.41, 5.74) is 2.25. The van der Waals surface area contributed by atoms with Gasteiger partial charge in [0.1, 0.15) is 11.4 Å². The summed E-state index contributed by atoms with van der Waals surface area (Å²) < 4.78 is 5.13. The number of ketones is 2. The van der Waals surface area contributed by atoms with Crippen molar-refractivity contribution >= 4 is 22.5 Å². The molecule has 1 aromatic heterocycles. The SMILES string of the molecule is COc1ccc(C(=O)c2ccccc2C(=O)c2n[nH]c3ccccc23)cc1. The molecule has 1 N–H and O–H groups in total. The van der Waals surface area contributed by atoms with Crippen LogP contribution in [0.1, 0.15) is 32.0 Å². The van der Waals surface area contributed by atoms with Gasteiger partial charge in [-0.2, -0.15) is 5.10 Å². The minimum absolute atomic E-state index is 0.221. The highest BCUT2D eigenvalue weighted by molar-refractivity contribution is 6.21. The van der Waals surface area contributed by atoms with Gasteiger partial charge >= 0.3 is 0 Å². The van der Waals surface area contributed by atoms with Crippen LogP contribution in [0, 0.1) is 0 Å². The first-order chi connectivity index (χ1) is 13.2. The van der Waals surface area contributed by atoms with Gasteiger partial charge in [0.15, 0.2) is 5.78 Å². The molecule has 5 heteroatoms. The molecule has 0 atom stereocenters. The molecule has 4 aromatic rings. The summed E-state index contributed by atoms with van der Waals surface area (Å²) in [4.78, 5) is 26.1. The van der Waals surface area contributed by atoms with Crippen LogP contribution < -0.4 is 4.74 Å². The number of hydrogen-bond donors (Lipinski definition) is 1. The van der Waals surface area contributed by atoms with E-state index in [0.29, 0.717) is 28.1 Å². The number of H-pyrrole nitrogens is 1. The van der Waals surface area contributed by atoms with E-state index < -0.39 is 0 Å². The summed E-state index contributed by atoms with van der Waals surface area (Å²) in [5, 5.41) is 7.76. The number of nitrogens with zero attached hydrogens (tertiary/aromatic N) is 1. The van der Waals surface area contributed by atoms with Crippen molar-refractivity contribution in [3.63, 3.8) is 0 Å². The Morgan fingerprint density at radius 3 is 2.15 bits per heavy atom. The Morgan fingerprint density at radius 2 is 1.44 bits per heavy atom. The van der Waals surface area contributed by atoms with E-state index in [4.69, 9.17) is 4.74 Å². The van der Waals surface area contributed by atoms with Crippen LogP contribution in [-0.4, -0.2) is 28.9 Å². The maximum Gasteiger partial charge on any atom is 0.214 e. The monoisotopic (exact) mass is 356 g/mol. The predicted octanol–water partition coefficient (Wildman–Crippen LogP) is 4.03. The highest BCUT2D eigenvalue weighted by Crippen LogP contribution is 2.23. The number of rotatable bonds is 5. The highest BCUT2D eigenvalue weighted by Gasteiger charge is 2.22. The Kier molecular flexibility index (Phi) is 4.26. The lowest BCUT2D eigenvalue weighted by atomic mass is 9.94. The summed E-state index contributed by atoms with van der Waals surface area (Å²) in [6.07, 6.45) is 0. The van der Waals surface area contributed by atoms with E-state index in [9.17, 15) is 9.59 Å². The van der Waals surface area contributed by atoms with Crippen LogP contribution in [0.25, 0.3) is 10.9 Å². The van der Waals surface area contributed by atoms with Crippen molar-refractivity contribution in [2.24, 2.45) is 0 Å². The Labute approximate surface area is 155 Å². The van der Waals surface area contributed by atoms with E-state index >= 15 is 0 Å². The molecule has 3 aromatic carbocycles. The van der Waals surface area contributed by atoms with E-state index in [0.717, 1.165) is 10.9 Å². The molecule has 0 aliphatic carbocycles. The number of benzene rings is 3. The van der Waals surface area contributed by atoms with Crippen LogP contribution in [0.4, 0.5) is 0 Å². The third kappa shape index (κ3) is 3.00. The first kappa shape index (κ1) is 16.7. The number of methoxy groups -OCH3 is 1. The third-order valence-corrected chi connectivity index (χ3v) is 4.45. The number of fused-ring (bicyclic) bond motifs is 1. The summed E-state index contributed by atoms with van der Waals surface area (Å²) >= 11 is 0. The van der Waals surface area contributed by atoms with E-state index in [1.165, 1.54) is 0 Å². The van der Waals surface area contributed by atoms with Gasteiger partial charge in [0.05, 0.1) is 12.6 Å². The Bertz CT molecular complexity index is 1140. The normalized spacial score (nSPS) is 10.7. The van der Waals surface area contributed by atoms with Gasteiger partial charge < -0.3 is 4.74 Å². The molecule has 0 aliphatic heterocycles. The van der Waals surface area contributed by atoms with Crippen molar-refractivity contribution in [1.29, 1.82) is 0 Å². The molecular weight excluding hydrogens is 340 g/mol. The average Bonchev–Trinajstić information content (AvgIpc) is 3.17. The van der Waals surface area contributed by atoms with Gasteiger partial charge in [-0.15, -0.1) is 0 Å². The predicted molar refractivity (Wildman–Crippen MR) is 102 cm³/mol. The molecule has 0 saturated carbocycles. The fraction of sp³-hybridized carbons (Fsp3) is 0.0455. The summed E-state index contributed by atoms with van der Waals surface area (Å²) in [7, 11) is 1.57. The largest absolute Gasteiger partial charge is 0.497 e. The molecule has 5 nitrogen and oxygen atoms in total. The van der Waals surface area contributed by atoms with E-state index in [1.807, 2.05) is 24.3 Å². The van der Waals surface area contributed by atoms with Gasteiger partial charge in [0, 0.05) is 22.1 Å². The van der Waals surface area contributed by atoms with Gasteiger partial charge in [0.2, 0.25) is 5.78 Å². The lowest BCUT2D eigenvalue weighted by Gasteiger charge is -2.08. The first-order valence-electron chi connectivity index (χ1n) is 8.44. The minimum atomic E-state index is -0.287. The summed E-state index contributed by atoms with van der Waals surface area (Å²) in [6, 6.07) is 21.0. The number of aromatic nitrogens is 2. The summed E-state index contributed by atoms with van der Waals surface area (Å²) in [6.45, 7) is 0. The fourth-order valence-electron chi connectivity index (χ4n) is 3.04. The van der Waals surface area contributed by atoms with Crippen LogP contribution in [0.15, 0.2) is 72.8 Å². The summed E-state index contributed by atoms with van der Waals surface area (Å²) in [5.74, 6) is 0.158. The number of nitrogens with one attached hydrogen (secondary N) is 1. The van der Waals surface area contributed by atoms with Crippen molar-refractivity contribution in [2.75, 3.05) is 7.11 Å². The van der Waals surface area contributed by atoms with Crippen molar-refractivity contribution < 1.29 is 14.3 Å². The smallest absolute Gasteiger partial charge is 0.214 e. The standard InChI is InChI=1S/C22H16N2O3/c1-27-15-12-10-14(11-13-15)21(25)16-6-2-3-7-17(16)22(26)20-18-8-4-5-9-19(18)23-24-20/h2-13H,1H3,(H,23,24). The molecule has 1 heterocycles. The topological polar surface area (TPSA) is 72.1 Å². The zero-order valence-corrected chi connectivity index (χ0v) is 14.6. The van der Waals surface area contributed by atoms with Crippen LogP contribution in [-0.2, 0) is 0 Å². The van der Waals surface area contributed by atoms with Crippen LogP contribution in [0.5, 0.6) is 5.75 Å². The number of aromatic amines is 1. The molecule has 27 heavy (non-hydrogen) atoms. The van der Waals surface area contributed by atoms with Gasteiger partial charge in [-0.3, -0.25) is 14.7 Å². The number of carbonyl (C=O) groups is 2. The Morgan fingerprint density at radius 1 is 0.815 bits per heavy atom. The second kappa shape index (κ2) is 6.88. The lowest BCUT2D eigenvalue weighted by molar-refractivity contribution is 0.100. The van der Waals surface area contributed by atoms with Gasteiger partial charge in [-0.1, -0.05) is 42.5 Å². The molecule has 0 amide bonds. The second-order valence-corrected chi connectivity index (χ2v) is 6.05. The Hall–Kier alpha value is -3.73. The zero-order chi connectivity index (χ0) is 18.8. The Balaban J connectivity index is 1.76. The van der Waals surface area contributed by atoms with Gasteiger partial charge in [-0.05, 0) is 30.3 Å². The maximum absolute atomic E-state index is 13.1. The molecule has 4 rings (SSSR count). The van der Waals surface area contributed by atoms with Crippen LogP contribution in [0.2, 0.25) is 0 Å². The molecule has 0 saturated heterocycles. The van der Waals surface area contributed by atoms with Crippen LogP contribution >= 0.6 is 0 Å². The molecule has 0 fully saturated rings. The van der Waals surface area contributed by atoms with E-state index in [2.05, 4.69) is 10.2 Å². The molecule has 0 bridgehead atoms. The lowest BCUT2D eigenvalue weighted by Crippen LogP contribution is -2.11. The maximum atomic E-state index is 13.1. The number of hydrogen-bond acceptors (Lipinski definition) is 4. The molecule has 0 radical (unpaired) electrons. The highest BCUT2D eigenvalue weighted by atomic mass is 16.5. The fourth-order valence-corrected chi connectivity index (χ4v) is 3.04. The molecule has 0 spiro atoms. The van der Waals surface area contributed by atoms with Gasteiger partial charge in [0.25, 0.3) is 0 Å². The van der Waals surface area contributed by atoms with E-state index in [-0.39, 0.29) is 11.6 Å². The van der Waals surface area contributed by atoms with Crippen molar-refractivity contribution in [3.05, 3.63) is 95.2 Å². The minimum Gasteiger partial charge on any atom is -0.497 e. The zero-order valence-electron chi connectivity index (χ0n) is 14.6.